The molecule has 148 valence electrons. The van der Waals surface area contributed by atoms with Crippen molar-refractivity contribution < 1.29 is 14.3 Å². The Morgan fingerprint density at radius 2 is 2.22 bits per heavy atom. The molecule has 3 rings (SSSR count). The maximum Gasteiger partial charge on any atom is 0.410 e. The molecular weight excluding hydrogens is 344 g/mol. The molecule has 2 aliphatic rings. The minimum Gasteiger partial charge on any atom is -0.448 e. The molecule has 0 unspecified atom stereocenters. The van der Waals surface area contributed by atoms with Crippen LogP contribution in [0.5, 0.6) is 0 Å². The lowest BCUT2D eigenvalue weighted by Crippen LogP contribution is -2.47. The van der Waals surface area contributed by atoms with E-state index < -0.39 is 0 Å². The minimum absolute atomic E-state index is 0.204. The van der Waals surface area contributed by atoms with Crippen molar-refractivity contribution in [1.29, 1.82) is 0 Å². The highest BCUT2D eigenvalue weighted by Crippen LogP contribution is 2.18. The van der Waals surface area contributed by atoms with Crippen molar-refractivity contribution in [2.75, 3.05) is 38.1 Å². The normalized spacial score (nSPS) is 21.6. The number of anilines is 1. The number of carbonyl (C=O) groups excluding carboxylic acids is 2. The van der Waals surface area contributed by atoms with Gasteiger partial charge in [-0.2, -0.15) is 0 Å². The molecule has 0 spiro atoms. The van der Waals surface area contributed by atoms with Gasteiger partial charge in [0.25, 0.3) is 0 Å². The molecule has 2 aliphatic heterocycles. The Morgan fingerprint density at radius 3 is 2.96 bits per heavy atom. The second kappa shape index (κ2) is 9.08. The molecule has 3 amide bonds. The third-order valence-corrected chi connectivity index (χ3v) is 5.27. The highest BCUT2D eigenvalue weighted by Gasteiger charge is 2.22. The summed E-state index contributed by atoms with van der Waals surface area (Å²) in [5.74, 6) is 0.727. The van der Waals surface area contributed by atoms with Crippen LogP contribution in [0.3, 0.4) is 0 Å². The molecule has 0 saturated carbocycles. The van der Waals surface area contributed by atoms with E-state index in [1.807, 2.05) is 24.3 Å². The molecular formula is C20H30N4O3. The largest absolute Gasteiger partial charge is 0.448 e. The number of hydrogen-bond acceptors (Lipinski definition) is 4. The summed E-state index contributed by atoms with van der Waals surface area (Å²) < 4.78 is 4.95. The SMILES string of the molecule is C[C@H]1CCCN([C@H](C)CNC(=O)Nc2cccc(CN3CCOC3=O)c2)C1. The van der Waals surface area contributed by atoms with Gasteiger partial charge in [0.1, 0.15) is 6.61 Å². The van der Waals surface area contributed by atoms with Gasteiger partial charge in [-0.15, -0.1) is 0 Å². The third kappa shape index (κ3) is 5.60. The van der Waals surface area contributed by atoms with Crippen LogP contribution in [0, 0.1) is 5.92 Å². The summed E-state index contributed by atoms with van der Waals surface area (Å²) in [6.07, 6.45) is 2.24. The molecule has 7 nitrogen and oxygen atoms in total. The first-order valence-corrected chi connectivity index (χ1v) is 9.81. The smallest absolute Gasteiger partial charge is 0.410 e. The van der Waals surface area contributed by atoms with Gasteiger partial charge in [0.05, 0.1) is 6.54 Å². The fraction of sp³-hybridized carbons (Fsp3) is 0.600. The Bertz CT molecular complexity index is 666. The number of carbonyl (C=O) groups is 2. The average molecular weight is 374 g/mol. The number of cyclic esters (lactones) is 1. The van der Waals surface area contributed by atoms with E-state index in [1.165, 1.54) is 12.8 Å². The fourth-order valence-corrected chi connectivity index (χ4v) is 3.71. The first kappa shape index (κ1) is 19.5. The maximum absolute atomic E-state index is 12.2. The van der Waals surface area contributed by atoms with Crippen molar-refractivity contribution in [3.8, 4) is 0 Å². The zero-order valence-corrected chi connectivity index (χ0v) is 16.2. The number of benzene rings is 1. The minimum atomic E-state index is -0.285. The van der Waals surface area contributed by atoms with Crippen LogP contribution in [0.25, 0.3) is 0 Å². The lowest BCUT2D eigenvalue weighted by atomic mass is 9.99. The second-order valence-electron chi connectivity index (χ2n) is 7.66. The van der Waals surface area contributed by atoms with Crippen molar-refractivity contribution in [1.82, 2.24) is 15.1 Å². The van der Waals surface area contributed by atoms with Crippen LogP contribution in [-0.2, 0) is 11.3 Å². The molecule has 2 heterocycles. The van der Waals surface area contributed by atoms with Crippen molar-refractivity contribution >= 4 is 17.8 Å². The van der Waals surface area contributed by atoms with Crippen LogP contribution in [0.2, 0.25) is 0 Å². The Kier molecular flexibility index (Phi) is 6.55. The standard InChI is InChI=1S/C20H30N4O3/c1-15-5-4-8-23(13-15)16(2)12-21-19(25)22-18-7-3-6-17(11-18)14-24-9-10-27-20(24)26/h3,6-7,11,15-16H,4-5,8-10,12-14H2,1-2H3,(H2,21,22,25)/t15-,16+/m0/s1. The summed E-state index contributed by atoms with van der Waals surface area (Å²) in [6.45, 7) is 8.80. The molecule has 2 atom stereocenters. The number of nitrogens with one attached hydrogen (secondary N) is 2. The molecule has 2 fully saturated rings. The van der Waals surface area contributed by atoms with E-state index in [2.05, 4.69) is 29.4 Å². The lowest BCUT2D eigenvalue weighted by Gasteiger charge is -2.35. The third-order valence-electron chi connectivity index (χ3n) is 5.27. The van der Waals surface area contributed by atoms with Crippen molar-refractivity contribution in [3.05, 3.63) is 29.8 Å². The number of amides is 3. The second-order valence-corrected chi connectivity index (χ2v) is 7.66. The van der Waals surface area contributed by atoms with E-state index in [0.29, 0.717) is 32.3 Å². The summed E-state index contributed by atoms with van der Waals surface area (Å²) in [6, 6.07) is 7.68. The molecule has 2 N–H and O–H groups in total. The molecule has 0 bridgehead atoms. The molecule has 0 aliphatic carbocycles. The van der Waals surface area contributed by atoms with E-state index in [9.17, 15) is 9.59 Å². The van der Waals surface area contributed by atoms with Crippen LogP contribution < -0.4 is 10.6 Å². The summed E-state index contributed by atoms with van der Waals surface area (Å²) >= 11 is 0. The number of rotatable bonds is 6. The van der Waals surface area contributed by atoms with Crippen LogP contribution >= 0.6 is 0 Å². The fourth-order valence-electron chi connectivity index (χ4n) is 3.71. The first-order chi connectivity index (χ1) is 13.0. The van der Waals surface area contributed by atoms with Gasteiger partial charge in [0.2, 0.25) is 0 Å². The Hall–Kier alpha value is -2.28. The van der Waals surface area contributed by atoms with E-state index in [4.69, 9.17) is 4.74 Å². The zero-order valence-electron chi connectivity index (χ0n) is 16.2. The number of nitrogens with zero attached hydrogens (tertiary/aromatic N) is 2. The lowest BCUT2D eigenvalue weighted by molar-refractivity contribution is 0.138. The number of urea groups is 1. The number of hydrogen-bond donors (Lipinski definition) is 2. The van der Waals surface area contributed by atoms with Gasteiger partial charge < -0.3 is 20.3 Å². The topological polar surface area (TPSA) is 73.9 Å². The Morgan fingerprint density at radius 1 is 1.37 bits per heavy atom. The van der Waals surface area contributed by atoms with Gasteiger partial charge in [-0.25, -0.2) is 9.59 Å². The monoisotopic (exact) mass is 374 g/mol. The molecule has 2 saturated heterocycles. The van der Waals surface area contributed by atoms with Crippen molar-refractivity contribution in [2.45, 2.75) is 39.3 Å². The van der Waals surface area contributed by atoms with E-state index >= 15 is 0 Å². The number of likely N-dealkylation sites (tertiary alicyclic amines) is 1. The number of ether oxygens (including phenoxy) is 1. The summed E-state index contributed by atoms with van der Waals surface area (Å²) in [5.41, 5.74) is 1.68. The van der Waals surface area contributed by atoms with Crippen LogP contribution in [0.4, 0.5) is 15.3 Å². The van der Waals surface area contributed by atoms with Gasteiger partial charge in [0, 0.05) is 31.4 Å². The average Bonchev–Trinajstić information content (AvgIpc) is 3.04. The van der Waals surface area contributed by atoms with E-state index in [-0.39, 0.29) is 12.1 Å². The summed E-state index contributed by atoms with van der Waals surface area (Å²) in [7, 11) is 0. The van der Waals surface area contributed by atoms with Crippen LogP contribution in [-0.4, -0.2) is 60.8 Å². The predicted molar refractivity (Wildman–Crippen MR) is 105 cm³/mol. The molecule has 27 heavy (non-hydrogen) atoms. The highest BCUT2D eigenvalue weighted by molar-refractivity contribution is 5.89. The quantitative estimate of drug-likeness (QED) is 0.803. The summed E-state index contributed by atoms with van der Waals surface area (Å²) in [5, 5.41) is 5.85. The Balaban J connectivity index is 1.46. The van der Waals surface area contributed by atoms with Gasteiger partial charge in [-0.1, -0.05) is 19.1 Å². The predicted octanol–water partition coefficient (Wildman–Crippen LogP) is 2.88. The summed E-state index contributed by atoms with van der Waals surface area (Å²) in [4.78, 5) is 27.9. The Labute approximate surface area is 161 Å². The molecule has 0 aromatic heterocycles. The molecule has 1 aromatic carbocycles. The van der Waals surface area contributed by atoms with Gasteiger partial charge in [0.15, 0.2) is 0 Å². The molecule has 7 heteroatoms. The maximum atomic E-state index is 12.2. The highest BCUT2D eigenvalue weighted by atomic mass is 16.6. The van der Waals surface area contributed by atoms with Crippen molar-refractivity contribution in [3.63, 3.8) is 0 Å². The molecule has 1 aromatic rings. The van der Waals surface area contributed by atoms with E-state index in [1.54, 1.807) is 4.90 Å². The van der Waals surface area contributed by atoms with Gasteiger partial charge in [-0.3, -0.25) is 4.90 Å². The van der Waals surface area contributed by atoms with E-state index in [0.717, 1.165) is 30.3 Å². The molecule has 0 radical (unpaired) electrons. The van der Waals surface area contributed by atoms with Crippen molar-refractivity contribution in [2.24, 2.45) is 5.92 Å². The van der Waals surface area contributed by atoms with Crippen LogP contribution in [0.15, 0.2) is 24.3 Å². The van der Waals surface area contributed by atoms with Gasteiger partial charge >= 0.3 is 12.1 Å². The zero-order chi connectivity index (χ0) is 19.2. The first-order valence-electron chi connectivity index (χ1n) is 9.81. The number of piperidine rings is 1. The van der Waals surface area contributed by atoms with Crippen LogP contribution in [0.1, 0.15) is 32.3 Å². The van der Waals surface area contributed by atoms with Gasteiger partial charge in [-0.05, 0) is 49.9 Å².